The van der Waals surface area contributed by atoms with Crippen molar-refractivity contribution in [1.29, 1.82) is 0 Å². The molecule has 10 heteroatoms. The number of benzene rings is 1. The first-order chi connectivity index (χ1) is 12.3. The molecule has 0 aliphatic carbocycles. The third-order valence-electron chi connectivity index (χ3n) is 3.93. The predicted octanol–water partition coefficient (Wildman–Crippen LogP) is 2.34. The highest BCUT2D eigenvalue weighted by Crippen LogP contribution is 2.21. The zero-order chi connectivity index (χ0) is 19.2. The lowest BCUT2D eigenvalue weighted by atomic mass is 10.1. The van der Waals surface area contributed by atoms with Gasteiger partial charge in [0.25, 0.3) is 0 Å². The number of nitrogens with one attached hydrogen (secondary N) is 2. The quantitative estimate of drug-likeness (QED) is 0.756. The monoisotopic (exact) mass is 409 g/mol. The highest BCUT2D eigenvalue weighted by atomic mass is 35.5. The molecule has 1 fully saturated rings. The molecular weight excluding hydrogens is 387 g/mol. The summed E-state index contributed by atoms with van der Waals surface area (Å²) in [6, 6.07) is 6.38. The van der Waals surface area contributed by atoms with Gasteiger partial charge in [0.15, 0.2) is 0 Å². The maximum Gasteiger partial charge on any atom is 0.471 e. The maximum absolute atomic E-state index is 12.6. The number of anilines is 1. The molecule has 0 spiro atoms. The van der Waals surface area contributed by atoms with Crippen LogP contribution in [0.15, 0.2) is 24.3 Å². The Labute approximate surface area is 161 Å². The standard InChI is InChI=1S/C17H22F3N3O3.ClH/c1-2-23(16(25)17(18,19)20)10-12-4-3-5-13(8-12)22-15(24)9-14-11-26-7-6-21-14;/h3-5,8,14,21H,2,6-7,9-11H2,1H3,(H,22,24);1H. The molecule has 2 N–H and O–H groups in total. The molecule has 0 bridgehead atoms. The first kappa shape index (κ1) is 23.2. The molecule has 0 radical (unpaired) electrons. The summed E-state index contributed by atoms with van der Waals surface area (Å²) < 4.78 is 43.1. The molecule has 2 amide bonds. The van der Waals surface area contributed by atoms with Gasteiger partial charge in [-0.25, -0.2) is 0 Å². The van der Waals surface area contributed by atoms with Crippen LogP contribution in [0.1, 0.15) is 18.9 Å². The Balaban J connectivity index is 0.00000364. The summed E-state index contributed by atoms with van der Waals surface area (Å²) in [5.74, 6) is -2.10. The average Bonchev–Trinajstić information content (AvgIpc) is 2.59. The van der Waals surface area contributed by atoms with Crippen LogP contribution in [0.5, 0.6) is 0 Å². The zero-order valence-corrected chi connectivity index (χ0v) is 15.7. The number of morpholine rings is 1. The fraction of sp³-hybridized carbons (Fsp3) is 0.529. The van der Waals surface area contributed by atoms with Crippen LogP contribution in [0, 0.1) is 0 Å². The van der Waals surface area contributed by atoms with Crippen molar-refractivity contribution in [2.45, 2.75) is 32.1 Å². The maximum atomic E-state index is 12.6. The van der Waals surface area contributed by atoms with Gasteiger partial charge in [0.1, 0.15) is 0 Å². The van der Waals surface area contributed by atoms with E-state index in [0.717, 1.165) is 0 Å². The first-order valence-corrected chi connectivity index (χ1v) is 8.35. The van der Waals surface area contributed by atoms with Gasteiger partial charge in [-0.3, -0.25) is 9.59 Å². The number of alkyl halides is 3. The molecular formula is C17H23ClF3N3O3. The van der Waals surface area contributed by atoms with Crippen molar-refractivity contribution in [3.8, 4) is 0 Å². The molecule has 152 valence electrons. The van der Waals surface area contributed by atoms with Crippen LogP contribution in [-0.4, -0.2) is 55.2 Å². The van der Waals surface area contributed by atoms with Crippen LogP contribution < -0.4 is 10.6 Å². The Morgan fingerprint density at radius 1 is 1.37 bits per heavy atom. The molecule has 1 aliphatic heterocycles. The van der Waals surface area contributed by atoms with Crippen molar-refractivity contribution < 1.29 is 27.5 Å². The lowest BCUT2D eigenvalue weighted by Crippen LogP contribution is -2.43. The summed E-state index contributed by atoms with van der Waals surface area (Å²) in [6.45, 7) is 2.99. The van der Waals surface area contributed by atoms with Gasteiger partial charge < -0.3 is 20.3 Å². The van der Waals surface area contributed by atoms with Crippen LogP contribution in [0.2, 0.25) is 0 Å². The van der Waals surface area contributed by atoms with Crippen molar-refractivity contribution in [2.24, 2.45) is 0 Å². The number of amides is 2. The highest BCUT2D eigenvalue weighted by molar-refractivity contribution is 5.91. The predicted molar refractivity (Wildman–Crippen MR) is 96.7 cm³/mol. The number of rotatable bonds is 6. The molecule has 2 rings (SSSR count). The summed E-state index contributed by atoms with van der Waals surface area (Å²) in [5, 5.41) is 5.89. The Bertz CT molecular complexity index is 637. The van der Waals surface area contributed by atoms with E-state index in [4.69, 9.17) is 4.74 Å². The zero-order valence-electron chi connectivity index (χ0n) is 14.8. The molecule has 27 heavy (non-hydrogen) atoms. The summed E-state index contributed by atoms with van der Waals surface area (Å²) in [5.41, 5.74) is 0.973. The van der Waals surface area contributed by atoms with Gasteiger partial charge in [0.2, 0.25) is 5.91 Å². The van der Waals surface area contributed by atoms with Crippen molar-refractivity contribution in [1.82, 2.24) is 10.2 Å². The van der Waals surface area contributed by atoms with E-state index in [1.807, 2.05) is 0 Å². The second kappa shape index (κ2) is 10.5. The van der Waals surface area contributed by atoms with Crippen molar-refractivity contribution >= 4 is 29.9 Å². The van der Waals surface area contributed by atoms with Gasteiger partial charge in [-0.2, -0.15) is 13.2 Å². The van der Waals surface area contributed by atoms with E-state index in [9.17, 15) is 22.8 Å². The van der Waals surface area contributed by atoms with Crippen LogP contribution in [0.4, 0.5) is 18.9 Å². The Hall–Kier alpha value is -1.84. The fourth-order valence-corrected chi connectivity index (χ4v) is 2.66. The molecule has 1 aromatic rings. The topological polar surface area (TPSA) is 70.7 Å². The van der Waals surface area contributed by atoms with Gasteiger partial charge >= 0.3 is 12.1 Å². The van der Waals surface area contributed by atoms with Crippen LogP contribution in [-0.2, 0) is 20.9 Å². The molecule has 1 heterocycles. The molecule has 1 aliphatic rings. The normalized spacial score (nSPS) is 17.0. The smallest absolute Gasteiger partial charge is 0.378 e. The molecule has 0 aromatic heterocycles. The number of ether oxygens (including phenoxy) is 1. The Kier molecular flexibility index (Phi) is 9.01. The van der Waals surface area contributed by atoms with Crippen molar-refractivity contribution in [3.63, 3.8) is 0 Å². The minimum atomic E-state index is -4.91. The summed E-state index contributed by atoms with van der Waals surface area (Å²) >= 11 is 0. The number of carbonyl (C=O) groups excluding carboxylic acids is 2. The number of nitrogens with zero attached hydrogens (tertiary/aromatic N) is 1. The Morgan fingerprint density at radius 3 is 2.70 bits per heavy atom. The summed E-state index contributed by atoms with van der Waals surface area (Å²) in [6.07, 6.45) is -4.67. The average molecular weight is 410 g/mol. The Morgan fingerprint density at radius 2 is 2.11 bits per heavy atom. The van der Waals surface area contributed by atoms with Gasteiger partial charge in [0.05, 0.1) is 13.2 Å². The summed E-state index contributed by atoms with van der Waals surface area (Å²) in [7, 11) is 0. The highest BCUT2D eigenvalue weighted by Gasteiger charge is 2.41. The van der Waals surface area contributed by atoms with Gasteiger partial charge in [-0.05, 0) is 24.6 Å². The minimum Gasteiger partial charge on any atom is -0.378 e. The fourth-order valence-electron chi connectivity index (χ4n) is 2.66. The van der Waals surface area contributed by atoms with Crippen LogP contribution in [0.25, 0.3) is 0 Å². The summed E-state index contributed by atoms with van der Waals surface area (Å²) in [4.78, 5) is 24.2. The molecule has 1 atom stereocenters. The molecule has 6 nitrogen and oxygen atoms in total. The van der Waals surface area contributed by atoms with E-state index < -0.39 is 12.1 Å². The van der Waals surface area contributed by atoms with Gasteiger partial charge in [-0.15, -0.1) is 12.4 Å². The third kappa shape index (κ3) is 7.36. The van der Waals surface area contributed by atoms with Crippen LogP contribution in [0.3, 0.4) is 0 Å². The molecule has 1 unspecified atom stereocenters. The lowest BCUT2D eigenvalue weighted by Gasteiger charge is -2.23. The number of carbonyl (C=O) groups is 2. The second-order valence-corrected chi connectivity index (χ2v) is 6.00. The number of halogens is 4. The largest absolute Gasteiger partial charge is 0.471 e. The molecule has 1 aromatic carbocycles. The van der Waals surface area contributed by atoms with E-state index in [0.29, 0.717) is 35.9 Å². The molecule has 0 saturated carbocycles. The third-order valence-corrected chi connectivity index (χ3v) is 3.93. The van der Waals surface area contributed by atoms with Crippen molar-refractivity contribution in [2.75, 3.05) is 31.6 Å². The van der Waals surface area contributed by atoms with E-state index >= 15 is 0 Å². The molecule has 1 saturated heterocycles. The van der Waals surface area contributed by atoms with E-state index in [1.54, 1.807) is 24.3 Å². The SMILES string of the molecule is CCN(Cc1cccc(NC(=O)CC2COCCN2)c1)C(=O)C(F)(F)F.Cl. The minimum absolute atomic E-state index is 0. The van der Waals surface area contributed by atoms with Gasteiger partial charge in [-0.1, -0.05) is 12.1 Å². The van der Waals surface area contributed by atoms with Gasteiger partial charge in [0, 0.05) is 37.8 Å². The van der Waals surface area contributed by atoms with Crippen LogP contribution >= 0.6 is 12.4 Å². The number of hydrogen-bond donors (Lipinski definition) is 2. The first-order valence-electron chi connectivity index (χ1n) is 8.35. The van der Waals surface area contributed by atoms with Crippen molar-refractivity contribution in [3.05, 3.63) is 29.8 Å². The second-order valence-electron chi connectivity index (χ2n) is 6.00. The van der Waals surface area contributed by atoms with E-state index in [2.05, 4.69) is 10.6 Å². The van der Waals surface area contributed by atoms with E-state index in [1.165, 1.54) is 6.92 Å². The number of hydrogen-bond acceptors (Lipinski definition) is 4. The lowest BCUT2D eigenvalue weighted by molar-refractivity contribution is -0.185. The van der Waals surface area contributed by atoms with E-state index in [-0.39, 0.29) is 43.9 Å².